The van der Waals surface area contributed by atoms with Crippen molar-refractivity contribution in [2.75, 3.05) is 0 Å². The van der Waals surface area contributed by atoms with Crippen molar-refractivity contribution in [2.45, 2.75) is 32.0 Å². The summed E-state index contributed by atoms with van der Waals surface area (Å²) in [5.74, 6) is -0.776. The van der Waals surface area contributed by atoms with E-state index in [4.69, 9.17) is 5.73 Å². The summed E-state index contributed by atoms with van der Waals surface area (Å²) in [7, 11) is 0. The minimum atomic E-state index is -4.59. The Hall–Kier alpha value is -0.750. The molecular weight excluding hydrogens is 299 g/mol. The Kier molecular flexibility index (Phi) is 4.43. The van der Waals surface area contributed by atoms with Crippen molar-refractivity contribution < 1.29 is 18.3 Å². The van der Waals surface area contributed by atoms with Crippen LogP contribution in [-0.2, 0) is 6.18 Å². The number of phenolic OH excluding ortho intramolecular Hbond substituents is 1. The van der Waals surface area contributed by atoms with Crippen molar-refractivity contribution in [2.24, 2.45) is 5.73 Å². The second kappa shape index (κ2) is 5.27. The molecule has 0 fully saturated rings. The number of phenols is 1. The second-order valence-electron chi connectivity index (χ2n) is 3.78. The number of aromatic hydroxyl groups is 1. The third-order valence-corrected chi connectivity index (χ3v) is 2.87. The van der Waals surface area contributed by atoms with Gasteiger partial charge in [0.25, 0.3) is 0 Å². The first-order chi connectivity index (χ1) is 7.77. The molecule has 0 bridgehead atoms. The molecule has 96 valence electrons. The van der Waals surface area contributed by atoms with Gasteiger partial charge in [-0.15, -0.1) is 0 Å². The molecule has 2 nitrogen and oxygen atoms in total. The first kappa shape index (κ1) is 14.3. The summed E-state index contributed by atoms with van der Waals surface area (Å²) in [6.07, 6.45) is -3.34. The molecule has 0 radical (unpaired) electrons. The molecule has 6 heteroatoms. The van der Waals surface area contributed by atoms with E-state index in [9.17, 15) is 18.3 Å². The molecule has 0 aromatic heterocycles. The fraction of sp³-hybridized carbons (Fsp3) is 0.455. The van der Waals surface area contributed by atoms with Crippen LogP contribution < -0.4 is 5.73 Å². The molecular formula is C11H13BrF3NO. The van der Waals surface area contributed by atoms with Crippen molar-refractivity contribution in [3.8, 4) is 5.75 Å². The van der Waals surface area contributed by atoms with Gasteiger partial charge in [0.1, 0.15) is 5.75 Å². The lowest BCUT2D eigenvalue weighted by Crippen LogP contribution is -2.13. The summed E-state index contributed by atoms with van der Waals surface area (Å²) in [5.41, 5.74) is 4.80. The van der Waals surface area contributed by atoms with Crippen LogP contribution in [0.25, 0.3) is 0 Å². The summed E-state index contributed by atoms with van der Waals surface area (Å²) in [5, 5.41) is 9.63. The number of alkyl halides is 3. The van der Waals surface area contributed by atoms with Crippen LogP contribution in [0.3, 0.4) is 0 Å². The molecule has 0 aliphatic heterocycles. The quantitative estimate of drug-likeness (QED) is 0.887. The summed E-state index contributed by atoms with van der Waals surface area (Å²) in [4.78, 5) is 0. The van der Waals surface area contributed by atoms with E-state index in [0.29, 0.717) is 6.42 Å². The lowest BCUT2D eigenvalue weighted by molar-refractivity contribution is -0.138. The number of hydrogen-bond donors (Lipinski definition) is 2. The predicted molar refractivity (Wildman–Crippen MR) is 62.6 cm³/mol. The molecule has 0 aliphatic rings. The fourth-order valence-electron chi connectivity index (χ4n) is 1.59. The van der Waals surface area contributed by atoms with Crippen molar-refractivity contribution in [1.29, 1.82) is 0 Å². The van der Waals surface area contributed by atoms with Crippen LogP contribution in [0.15, 0.2) is 16.6 Å². The predicted octanol–water partition coefficient (Wildman–Crippen LogP) is 3.97. The third kappa shape index (κ3) is 3.35. The van der Waals surface area contributed by atoms with Gasteiger partial charge in [0.05, 0.1) is 5.56 Å². The van der Waals surface area contributed by atoms with Gasteiger partial charge < -0.3 is 10.8 Å². The first-order valence-electron chi connectivity index (χ1n) is 5.12. The van der Waals surface area contributed by atoms with Crippen LogP contribution in [0.4, 0.5) is 13.2 Å². The summed E-state index contributed by atoms with van der Waals surface area (Å²) >= 11 is 2.99. The Bertz CT molecular complexity index is 406. The molecule has 0 aliphatic carbocycles. The number of benzene rings is 1. The fourth-order valence-corrected chi connectivity index (χ4v) is 2.06. The second-order valence-corrected chi connectivity index (χ2v) is 4.70. The first-order valence-corrected chi connectivity index (χ1v) is 5.91. The van der Waals surface area contributed by atoms with E-state index >= 15 is 0 Å². The Balaban J connectivity index is 3.28. The zero-order valence-corrected chi connectivity index (χ0v) is 10.8. The highest BCUT2D eigenvalue weighted by Gasteiger charge is 2.35. The Morgan fingerprint density at radius 3 is 2.47 bits per heavy atom. The molecule has 0 spiro atoms. The van der Waals surface area contributed by atoms with Crippen molar-refractivity contribution in [1.82, 2.24) is 0 Å². The van der Waals surface area contributed by atoms with E-state index in [1.54, 1.807) is 0 Å². The average molecular weight is 312 g/mol. The summed E-state index contributed by atoms with van der Waals surface area (Å²) < 4.78 is 38.2. The molecule has 1 rings (SSSR count). The normalized spacial score (nSPS) is 13.8. The zero-order chi connectivity index (χ0) is 13.2. The van der Waals surface area contributed by atoms with Gasteiger partial charge in [-0.25, -0.2) is 0 Å². The Labute approximate surface area is 106 Å². The standard InChI is InChI=1S/C11H13BrF3NO/c1-2-3-9(16)7-4-6(12)5-8(10(7)17)11(13,14)15/h4-5,9,17H,2-3,16H2,1H3/t9-/m0/s1. The topological polar surface area (TPSA) is 46.2 Å². The van der Waals surface area contributed by atoms with Crippen LogP contribution in [0.5, 0.6) is 5.75 Å². The third-order valence-electron chi connectivity index (χ3n) is 2.41. The van der Waals surface area contributed by atoms with Gasteiger partial charge in [-0.3, -0.25) is 0 Å². The van der Waals surface area contributed by atoms with Crippen LogP contribution in [0, 0.1) is 0 Å². The zero-order valence-electron chi connectivity index (χ0n) is 9.18. The van der Waals surface area contributed by atoms with Crippen molar-refractivity contribution in [3.63, 3.8) is 0 Å². The summed E-state index contributed by atoms with van der Waals surface area (Å²) in [6.45, 7) is 1.87. The van der Waals surface area contributed by atoms with Crippen molar-refractivity contribution in [3.05, 3.63) is 27.7 Å². The highest BCUT2D eigenvalue weighted by molar-refractivity contribution is 9.10. The SMILES string of the molecule is CCC[C@H](N)c1cc(Br)cc(C(F)(F)F)c1O. The van der Waals surface area contributed by atoms with Crippen LogP contribution in [0.2, 0.25) is 0 Å². The van der Waals surface area contributed by atoms with Crippen LogP contribution in [-0.4, -0.2) is 5.11 Å². The highest BCUT2D eigenvalue weighted by atomic mass is 79.9. The van der Waals surface area contributed by atoms with Gasteiger partial charge >= 0.3 is 6.18 Å². The lowest BCUT2D eigenvalue weighted by Gasteiger charge is -2.17. The Morgan fingerprint density at radius 2 is 2.00 bits per heavy atom. The van der Waals surface area contributed by atoms with Gasteiger partial charge in [0.15, 0.2) is 0 Å². The van der Waals surface area contributed by atoms with E-state index in [-0.39, 0.29) is 10.0 Å². The molecule has 17 heavy (non-hydrogen) atoms. The summed E-state index contributed by atoms with van der Waals surface area (Å²) in [6, 6.07) is 1.67. The molecule has 0 unspecified atom stereocenters. The van der Waals surface area contributed by atoms with Crippen LogP contribution in [0.1, 0.15) is 36.9 Å². The Morgan fingerprint density at radius 1 is 1.41 bits per heavy atom. The van der Waals surface area contributed by atoms with Crippen molar-refractivity contribution >= 4 is 15.9 Å². The maximum atomic E-state index is 12.6. The average Bonchev–Trinajstić information content (AvgIpc) is 2.19. The van der Waals surface area contributed by atoms with E-state index in [2.05, 4.69) is 15.9 Å². The molecule has 3 N–H and O–H groups in total. The molecule has 1 atom stereocenters. The van der Waals surface area contributed by atoms with E-state index < -0.39 is 23.5 Å². The van der Waals surface area contributed by atoms with Gasteiger partial charge in [0.2, 0.25) is 0 Å². The molecule has 1 aromatic rings. The molecule has 0 saturated carbocycles. The van der Waals surface area contributed by atoms with Crippen LogP contribution >= 0.6 is 15.9 Å². The maximum Gasteiger partial charge on any atom is 0.420 e. The monoisotopic (exact) mass is 311 g/mol. The van der Waals surface area contributed by atoms with Gasteiger partial charge in [-0.1, -0.05) is 29.3 Å². The molecule has 0 heterocycles. The molecule has 0 saturated heterocycles. The number of nitrogens with two attached hydrogens (primary N) is 1. The number of rotatable bonds is 3. The number of halogens is 4. The minimum absolute atomic E-state index is 0.119. The molecule has 1 aromatic carbocycles. The largest absolute Gasteiger partial charge is 0.507 e. The highest BCUT2D eigenvalue weighted by Crippen LogP contribution is 2.41. The lowest BCUT2D eigenvalue weighted by atomic mass is 9.99. The number of hydrogen-bond acceptors (Lipinski definition) is 2. The van der Waals surface area contributed by atoms with Gasteiger partial charge in [-0.05, 0) is 18.6 Å². The smallest absolute Gasteiger partial charge is 0.420 e. The van der Waals surface area contributed by atoms with E-state index in [0.717, 1.165) is 12.5 Å². The van der Waals surface area contributed by atoms with Gasteiger partial charge in [-0.2, -0.15) is 13.2 Å². The van der Waals surface area contributed by atoms with E-state index in [1.165, 1.54) is 6.07 Å². The maximum absolute atomic E-state index is 12.6. The van der Waals surface area contributed by atoms with Gasteiger partial charge in [0, 0.05) is 16.1 Å². The minimum Gasteiger partial charge on any atom is -0.507 e. The molecule has 0 amide bonds. The van der Waals surface area contributed by atoms with E-state index in [1.807, 2.05) is 6.92 Å².